The lowest BCUT2D eigenvalue weighted by molar-refractivity contribution is -0.0227. The van der Waals surface area contributed by atoms with E-state index < -0.39 is 5.82 Å². The Hall–Kier alpha value is -2.89. The number of thiazole rings is 1. The molecule has 9 nitrogen and oxygen atoms in total. The van der Waals surface area contributed by atoms with Crippen LogP contribution in [0.2, 0.25) is 0 Å². The molecule has 11 heteroatoms. The third-order valence-electron chi connectivity index (χ3n) is 5.88. The minimum atomic E-state index is -0.398. The van der Waals surface area contributed by atoms with Crippen molar-refractivity contribution in [3.05, 3.63) is 35.4 Å². The summed E-state index contributed by atoms with van der Waals surface area (Å²) in [7, 11) is 5.66. The number of carbonyl (C=O) groups is 1. The standard InChI is InChI=1S/C24H31FN6O3S/c1-31(2)12-6-11-26-22(32)24-30-20-21(27-14-28-23(20)35-24)29-16-10-9-15(25)13-19(16)34-18-8-5-4-7-17(18)33-3/h9-10,13-14,17-18H,4-8,11-12H2,1-3H3,(H,26,32)(H,27,28,29)/t17-,18-/m0/s1. The van der Waals surface area contributed by atoms with E-state index in [0.717, 1.165) is 38.6 Å². The van der Waals surface area contributed by atoms with Gasteiger partial charge in [-0.1, -0.05) is 17.8 Å². The van der Waals surface area contributed by atoms with Gasteiger partial charge in [0.2, 0.25) is 0 Å². The Morgan fingerprint density at radius 2 is 2.03 bits per heavy atom. The van der Waals surface area contributed by atoms with E-state index in [1.807, 2.05) is 14.1 Å². The summed E-state index contributed by atoms with van der Waals surface area (Å²) in [5, 5.41) is 6.41. The van der Waals surface area contributed by atoms with Gasteiger partial charge in [0.15, 0.2) is 10.8 Å². The maximum Gasteiger partial charge on any atom is 0.280 e. The second kappa shape index (κ2) is 11.7. The first-order chi connectivity index (χ1) is 16.9. The fourth-order valence-electron chi connectivity index (χ4n) is 4.07. The molecule has 0 bridgehead atoms. The Labute approximate surface area is 208 Å². The number of fused-ring (bicyclic) bond motifs is 1. The van der Waals surface area contributed by atoms with E-state index >= 15 is 0 Å². The number of amides is 1. The summed E-state index contributed by atoms with van der Waals surface area (Å²) < 4.78 is 25.9. The van der Waals surface area contributed by atoms with Gasteiger partial charge in [-0.05, 0) is 58.5 Å². The molecular weight excluding hydrogens is 471 g/mol. The summed E-state index contributed by atoms with van der Waals surface area (Å²) >= 11 is 1.20. The maximum absolute atomic E-state index is 14.1. The fourth-order valence-corrected chi connectivity index (χ4v) is 4.89. The van der Waals surface area contributed by atoms with Crippen molar-refractivity contribution in [1.29, 1.82) is 0 Å². The molecule has 3 aromatic rings. The highest BCUT2D eigenvalue weighted by atomic mass is 32.1. The van der Waals surface area contributed by atoms with Crippen LogP contribution in [0.3, 0.4) is 0 Å². The minimum absolute atomic E-state index is 0.0389. The number of aromatic nitrogens is 3. The van der Waals surface area contributed by atoms with Gasteiger partial charge in [-0.2, -0.15) is 0 Å². The fraction of sp³-hybridized carbons (Fsp3) is 0.500. The maximum atomic E-state index is 14.1. The zero-order valence-corrected chi connectivity index (χ0v) is 21.0. The van der Waals surface area contributed by atoms with Gasteiger partial charge in [0.05, 0.1) is 11.8 Å². The number of hydrogen-bond donors (Lipinski definition) is 2. The molecule has 4 rings (SSSR count). The van der Waals surface area contributed by atoms with Crippen LogP contribution in [-0.4, -0.2) is 72.3 Å². The van der Waals surface area contributed by atoms with Crippen LogP contribution in [-0.2, 0) is 4.74 Å². The molecule has 1 aliphatic carbocycles. The van der Waals surface area contributed by atoms with E-state index in [4.69, 9.17) is 9.47 Å². The Morgan fingerprint density at radius 3 is 2.80 bits per heavy atom. The number of nitrogens with one attached hydrogen (secondary N) is 2. The largest absolute Gasteiger partial charge is 0.485 e. The number of ether oxygens (including phenoxy) is 2. The third-order valence-corrected chi connectivity index (χ3v) is 6.84. The highest BCUT2D eigenvalue weighted by Crippen LogP contribution is 2.34. The smallest absolute Gasteiger partial charge is 0.280 e. The minimum Gasteiger partial charge on any atom is -0.485 e. The molecule has 2 heterocycles. The predicted octanol–water partition coefficient (Wildman–Crippen LogP) is 3.99. The van der Waals surface area contributed by atoms with Crippen LogP contribution in [0.25, 0.3) is 10.3 Å². The van der Waals surface area contributed by atoms with Crippen molar-refractivity contribution in [3.63, 3.8) is 0 Å². The summed E-state index contributed by atoms with van der Waals surface area (Å²) in [6.45, 7) is 1.44. The normalized spacial score (nSPS) is 18.1. The molecule has 1 amide bonds. The van der Waals surface area contributed by atoms with Crippen molar-refractivity contribution in [3.8, 4) is 5.75 Å². The van der Waals surface area contributed by atoms with E-state index in [0.29, 0.717) is 39.2 Å². The zero-order valence-electron chi connectivity index (χ0n) is 20.2. The number of nitrogens with zero attached hydrogens (tertiary/aromatic N) is 4. The van der Waals surface area contributed by atoms with Crippen LogP contribution in [0.15, 0.2) is 24.5 Å². The topological polar surface area (TPSA) is 102 Å². The number of anilines is 2. The van der Waals surface area contributed by atoms with Gasteiger partial charge in [0.1, 0.15) is 34.3 Å². The van der Waals surface area contributed by atoms with E-state index in [-0.39, 0.29) is 18.1 Å². The summed E-state index contributed by atoms with van der Waals surface area (Å²) in [6, 6.07) is 4.32. The Morgan fingerprint density at radius 1 is 1.23 bits per heavy atom. The molecule has 1 aliphatic rings. The summed E-state index contributed by atoms with van der Waals surface area (Å²) in [4.78, 5) is 28.3. The van der Waals surface area contributed by atoms with Crippen molar-refractivity contribution in [2.24, 2.45) is 0 Å². The molecule has 2 aromatic heterocycles. The SMILES string of the molecule is CO[C@H]1CCCC[C@@H]1Oc1cc(F)ccc1Nc1ncnc2sc(C(=O)NCCCN(C)C)nc12. The number of carbonyl (C=O) groups excluding carboxylic acids is 1. The molecule has 0 saturated heterocycles. The lowest BCUT2D eigenvalue weighted by Crippen LogP contribution is -2.36. The highest BCUT2D eigenvalue weighted by Gasteiger charge is 2.27. The van der Waals surface area contributed by atoms with Gasteiger partial charge in [0.25, 0.3) is 5.91 Å². The quantitative estimate of drug-likeness (QED) is 0.402. The lowest BCUT2D eigenvalue weighted by atomic mass is 9.94. The zero-order chi connectivity index (χ0) is 24.8. The van der Waals surface area contributed by atoms with Gasteiger partial charge in [-0.15, -0.1) is 0 Å². The monoisotopic (exact) mass is 502 g/mol. The second-order valence-electron chi connectivity index (χ2n) is 8.79. The molecule has 1 fully saturated rings. The van der Waals surface area contributed by atoms with Gasteiger partial charge < -0.3 is 25.0 Å². The van der Waals surface area contributed by atoms with Crippen LogP contribution in [0.5, 0.6) is 5.75 Å². The predicted molar refractivity (Wildman–Crippen MR) is 134 cm³/mol. The second-order valence-corrected chi connectivity index (χ2v) is 9.77. The molecule has 1 saturated carbocycles. The van der Waals surface area contributed by atoms with E-state index in [2.05, 4.69) is 30.5 Å². The summed E-state index contributed by atoms with van der Waals surface area (Å²) in [6.07, 6.45) is 5.92. The summed E-state index contributed by atoms with van der Waals surface area (Å²) in [5.41, 5.74) is 1.02. The van der Waals surface area contributed by atoms with Gasteiger partial charge in [-0.25, -0.2) is 19.3 Å². The molecule has 188 valence electrons. The van der Waals surface area contributed by atoms with Crippen LogP contribution < -0.4 is 15.4 Å². The van der Waals surface area contributed by atoms with Crippen molar-refractivity contribution >= 4 is 39.1 Å². The van der Waals surface area contributed by atoms with Crippen molar-refractivity contribution in [2.45, 2.75) is 44.3 Å². The molecular formula is C24H31FN6O3S. The van der Waals surface area contributed by atoms with Crippen molar-refractivity contribution in [2.75, 3.05) is 39.6 Å². The highest BCUT2D eigenvalue weighted by molar-refractivity contribution is 7.19. The van der Waals surface area contributed by atoms with Gasteiger partial charge in [0, 0.05) is 19.7 Å². The van der Waals surface area contributed by atoms with Crippen molar-refractivity contribution in [1.82, 2.24) is 25.2 Å². The number of benzene rings is 1. The summed E-state index contributed by atoms with van der Waals surface area (Å²) in [5.74, 6) is 0.151. The van der Waals surface area contributed by atoms with E-state index in [9.17, 15) is 9.18 Å². The Balaban J connectivity index is 1.53. The molecule has 0 radical (unpaired) electrons. The Bertz CT molecular complexity index is 1160. The number of hydrogen-bond acceptors (Lipinski definition) is 9. The number of methoxy groups -OCH3 is 1. The molecule has 0 aliphatic heterocycles. The molecule has 35 heavy (non-hydrogen) atoms. The van der Waals surface area contributed by atoms with Gasteiger partial charge >= 0.3 is 0 Å². The number of rotatable bonds is 10. The van der Waals surface area contributed by atoms with Crippen molar-refractivity contribution < 1.29 is 18.7 Å². The molecule has 0 unspecified atom stereocenters. The Kier molecular flexibility index (Phi) is 8.42. The first-order valence-corrected chi connectivity index (χ1v) is 12.6. The molecule has 0 spiro atoms. The van der Waals surface area contributed by atoms with Crippen LogP contribution in [0, 0.1) is 5.82 Å². The number of halogens is 1. The third kappa shape index (κ3) is 6.41. The van der Waals surface area contributed by atoms with Crippen LogP contribution in [0.4, 0.5) is 15.9 Å². The van der Waals surface area contributed by atoms with E-state index in [1.54, 1.807) is 13.2 Å². The first kappa shape index (κ1) is 25.2. The van der Waals surface area contributed by atoms with Crippen LogP contribution >= 0.6 is 11.3 Å². The first-order valence-electron chi connectivity index (χ1n) is 11.7. The van der Waals surface area contributed by atoms with E-state index in [1.165, 1.54) is 29.8 Å². The average molecular weight is 503 g/mol. The average Bonchev–Trinajstić information content (AvgIpc) is 3.29. The molecule has 2 atom stereocenters. The lowest BCUT2D eigenvalue weighted by Gasteiger charge is -2.31. The van der Waals surface area contributed by atoms with Crippen LogP contribution in [0.1, 0.15) is 41.9 Å². The molecule has 1 aromatic carbocycles. The molecule has 2 N–H and O–H groups in total. The van der Waals surface area contributed by atoms with Gasteiger partial charge in [-0.3, -0.25) is 4.79 Å².